The summed E-state index contributed by atoms with van der Waals surface area (Å²) >= 11 is 7.27. The second-order valence-corrected chi connectivity index (χ2v) is 12.2. The molecule has 6 heterocycles. The van der Waals surface area contributed by atoms with Gasteiger partial charge < -0.3 is 23.9 Å². The number of hydrogen-bond acceptors (Lipinski definition) is 8. The van der Waals surface area contributed by atoms with E-state index in [0.717, 1.165) is 73.2 Å². The van der Waals surface area contributed by atoms with E-state index in [1.807, 2.05) is 25.1 Å². The fourth-order valence-corrected chi connectivity index (χ4v) is 6.85. The van der Waals surface area contributed by atoms with Gasteiger partial charge in [-0.3, -0.25) is 9.88 Å². The minimum atomic E-state index is -1.00. The molecule has 1 N–H and O–H groups in total. The van der Waals surface area contributed by atoms with Gasteiger partial charge in [-0.1, -0.05) is 23.7 Å². The maximum absolute atomic E-state index is 11.5. The van der Waals surface area contributed by atoms with Crippen LogP contribution in [-0.2, 0) is 23.6 Å². The fraction of sp³-hybridized carbons (Fsp3) is 0.414. The maximum Gasteiger partial charge on any atom is 0.346 e. The number of fused-ring (bicyclic) bond motifs is 2. The molecule has 0 radical (unpaired) electrons. The van der Waals surface area contributed by atoms with Crippen molar-refractivity contribution in [3.05, 3.63) is 69.6 Å². The molecule has 0 unspecified atom stereocenters. The van der Waals surface area contributed by atoms with Crippen LogP contribution in [-0.4, -0.2) is 56.3 Å². The molecule has 0 amide bonds. The molecule has 7 rings (SSSR count). The van der Waals surface area contributed by atoms with Crippen LogP contribution >= 0.6 is 22.9 Å². The van der Waals surface area contributed by atoms with Crippen molar-refractivity contribution in [2.24, 2.45) is 0 Å². The summed E-state index contributed by atoms with van der Waals surface area (Å²) in [5.41, 5.74) is 2.73. The van der Waals surface area contributed by atoms with Crippen LogP contribution in [0.5, 0.6) is 11.5 Å². The summed E-state index contributed by atoms with van der Waals surface area (Å²) in [6.07, 6.45) is 4.75. The summed E-state index contributed by atoms with van der Waals surface area (Å²) in [5.74, 6) is 0.935. The van der Waals surface area contributed by atoms with E-state index < -0.39 is 11.8 Å². The van der Waals surface area contributed by atoms with Gasteiger partial charge in [0, 0.05) is 25.3 Å². The van der Waals surface area contributed by atoms with Crippen LogP contribution in [0, 0.1) is 0 Å². The van der Waals surface area contributed by atoms with E-state index in [0.29, 0.717) is 28.1 Å². The summed E-state index contributed by atoms with van der Waals surface area (Å²) < 4.78 is 20.6. The van der Waals surface area contributed by atoms with Crippen LogP contribution in [0.1, 0.15) is 58.9 Å². The lowest BCUT2D eigenvalue weighted by molar-refractivity contribution is -0.0722. The molecular weight excluding hydrogens is 552 g/mol. The molecule has 4 aromatic rings. The number of imidazole rings is 1. The second kappa shape index (κ2) is 10.0. The monoisotopic (exact) mass is 580 g/mol. The number of rotatable bonds is 7. The molecule has 1 aromatic carbocycles. The van der Waals surface area contributed by atoms with Crippen LogP contribution in [0.3, 0.4) is 0 Å². The average molecular weight is 581 g/mol. The van der Waals surface area contributed by atoms with Crippen molar-refractivity contribution < 1.29 is 24.1 Å². The first-order valence-corrected chi connectivity index (χ1v) is 14.7. The molecule has 0 saturated carbocycles. The number of thiophene rings is 1. The SMILES string of the molecule is C[C@]1(c2ccc(Cl)cn2)Oc2cccc(C3CCN(Cc4nc5sc(C(=O)O)cc5n4C[C@@H]4CCO4)CC3)c2O1. The predicted molar refractivity (Wildman–Crippen MR) is 150 cm³/mol. The molecule has 2 atom stereocenters. The van der Waals surface area contributed by atoms with Crippen LogP contribution in [0.4, 0.5) is 0 Å². The molecule has 3 aliphatic rings. The number of hydrogen-bond donors (Lipinski definition) is 1. The summed E-state index contributed by atoms with van der Waals surface area (Å²) in [5, 5.41) is 10.0. The van der Waals surface area contributed by atoms with E-state index in [2.05, 4.69) is 20.5 Å². The highest BCUT2D eigenvalue weighted by atomic mass is 35.5. The van der Waals surface area contributed by atoms with E-state index >= 15 is 0 Å². The smallest absolute Gasteiger partial charge is 0.346 e. The zero-order valence-corrected chi connectivity index (χ0v) is 23.6. The van der Waals surface area contributed by atoms with Crippen molar-refractivity contribution in [3.8, 4) is 11.5 Å². The Morgan fingerprint density at radius 1 is 1.20 bits per heavy atom. The normalized spacial score (nSPS) is 23.0. The number of ether oxygens (including phenoxy) is 3. The molecular formula is C29H29ClN4O5S. The molecule has 40 heavy (non-hydrogen) atoms. The van der Waals surface area contributed by atoms with Crippen LogP contribution < -0.4 is 9.47 Å². The highest BCUT2D eigenvalue weighted by molar-refractivity contribution is 7.20. The molecule has 2 fully saturated rings. The Kier molecular flexibility index (Phi) is 6.46. The topological polar surface area (TPSA) is 98.9 Å². The molecule has 3 aliphatic heterocycles. The Hall–Kier alpha value is -3.18. The van der Waals surface area contributed by atoms with Crippen molar-refractivity contribution in [2.45, 2.75) is 57.1 Å². The average Bonchev–Trinajstić information content (AvgIpc) is 3.58. The Bertz CT molecular complexity index is 1580. The van der Waals surface area contributed by atoms with E-state index in [-0.39, 0.29) is 6.10 Å². The van der Waals surface area contributed by atoms with Crippen molar-refractivity contribution in [2.75, 3.05) is 19.7 Å². The van der Waals surface area contributed by atoms with Gasteiger partial charge in [0.1, 0.15) is 21.2 Å². The zero-order valence-electron chi connectivity index (χ0n) is 22.0. The number of carbonyl (C=O) groups is 1. The number of benzene rings is 1. The lowest BCUT2D eigenvalue weighted by Crippen LogP contribution is -2.35. The van der Waals surface area contributed by atoms with Crippen LogP contribution in [0.2, 0.25) is 5.02 Å². The van der Waals surface area contributed by atoms with E-state index in [9.17, 15) is 9.90 Å². The predicted octanol–water partition coefficient (Wildman–Crippen LogP) is 5.66. The molecule has 0 aliphatic carbocycles. The quantitative estimate of drug-likeness (QED) is 0.299. The number of piperidine rings is 1. The zero-order chi connectivity index (χ0) is 27.4. The van der Waals surface area contributed by atoms with E-state index in [1.54, 1.807) is 18.3 Å². The summed E-state index contributed by atoms with van der Waals surface area (Å²) in [6.45, 7) is 5.93. The second-order valence-electron chi connectivity index (χ2n) is 10.8. The number of para-hydroxylation sites is 1. The summed E-state index contributed by atoms with van der Waals surface area (Å²) in [4.78, 5) is 24.3. The van der Waals surface area contributed by atoms with E-state index in [1.165, 1.54) is 16.9 Å². The molecule has 2 saturated heterocycles. The third-order valence-electron chi connectivity index (χ3n) is 8.11. The first-order chi connectivity index (χ1) is 19.4. The molecule has 9 nitrogen and oxygen atoms in total. The number of carboxylic acid groups (broad SMARTS) is 1. The van der Waals surface area contributed by atoms with Crippen molar-refractivity contribution in [1.82, 2.24) is 19.4 Å². The van der Waals surface area contributed by atoms with Gasteiger partial charge in [0.05, 0.1) is 29.7 Å². The summed E-state index contributed by atoms with van der Waals surface area (Å²) in [6, 6.07) is 11.5. The molecule has 3 aromatic heterocycles. The van der Waals surface area contributed by atoms with Crippen molar-refractivity contribution in [3.63, 3.8) is 0 Å². The van der Waals surface area contributed by atoms with Gasteiger partial charge in [0.2, 0.25) is 0 Å². The van der Waals surface area contributed by atoms with Gasteiger partial charge in [-0.25, -0.2) is 9.78 Å². The summed E-state index contributed by atoms with van der Waals surface area (Å²) in [7, 11) is 0. The number of nitrogens with zero attached hydrogens (tertiary/aromatic N) is 4. The highest BCUT2D eigenvalue weighted by Gasteiger charge is 2.42. The standard InChI is InChI=1S/C29H29ClN4O5S/c1-29(24-6-5-18(30)14-31-24)38-22-4-2-3-20(26(22)39-29)17-7-10-33(11-8-17)16-25-32-27-21(13-23(40-27)28(35)36)34(25)15-19-9-12-37-19/h2-6,13-14,17,19H,7-12,15-16H2,1H3,(H,35,36)/t19-,29-/m0/s1. The van der Waals surface area contributed by atoms with Gasteiger partial charge >= 0.3 is 5.97 Å². The first kappa shape index (κ1) is 25.8. The minimum absolute atomic E-state index is 0.159. The Labute approximate surface area is 240 Å². The molecule has 11 heteroatoms. The largest absolute Gasteiger partial charge is 0.477 e. The van der Waals surface area contributed by atoms with E-state index in [4.69, 9.17) is 30.8 Å². The number of aromatic nitrogens is 3. The third-order valence-corrected chi connectivity index (χ3v) is 9.34. The number of pyridine rings is 1. The van der Waals surface area contributed by atoms with Gasteiger partial charge in [-0.2, -0.15) is 0 Å². The number of likely N-dealkylation sites (tertiary alicyclic amines) is 1. The Morgan fingerprint density at radius 3 is 2.73 bits per heavy atom. The minimum Gasteiger partial charge on any atom is -0.477 e. The first-order valence-electron chi connectivity index (χ1n) is 13.6. The van der Waals surface area contributed by atoms with Gasteiger partial charge in [0.15, 0.2) is 11.5 Å². The molecule has 0 bridgehead atoms. The fourth-order valence-electron chi connectivity index (χ4n) is 5.84. The Morgan fingerprint density at radius 2 is 2.02 bits per heavy atom. The number of halogens is 1. The lowest BCUT2D eigenvalue weighted by atomic mass is 9.88. The molecule has 0 spiro atoms. The van der Waals surface area contributed by atoms with Gasteiger partial charge in [-0.05, 0) is 62.5 Å². The van der Waals surface area contributed by atoms with Crippen LogP contribution in [0.15, 0.2) is 42.6 Å². The Balaban J connectivity index is 1.06. The molecule has 208 valence electrons. The maximum atomic E-state index is 11.5. The third kappa shape index (κ3) is 4.62. The highest BCUT2D eigenvalue weighted by Crippen LogP contribution is 2.49. The number of aromatic carboxylic acids is 1. The number of carboxylic acids is 1. The van der Waals surface area contributed by atoms with Gasteiger partial charge in [0.25, 0.3) is 5.79 Å². The van der Waals surface area contributed by atoms with Gasteiger partial charge in [-0.15, -0.1) is 11.3 Å². The van der Waals surface area contributed by atoms with Crippen molar-refractivity contribution >= 4 is 39.3 Å². The lowest BCUT2D eigenvalue weighted by Gasteiger charge is -2.33. The van der Waals surface area contributed by atoms with Crippen LogP contribution in [0.25, 0.3) is 10.3 Å². The van der Waals surface area contributed by atoms with Crippen molar-refractivity contribution in [1.29, 1.82) is 0 Å².